The summed E-state index contributed by atoms with van der Waals surface area (Å²) in [4.78, 5) is 27.1. The number of aromatic amines is 1. The molecule has 4 nitrogen and oxygen atoms in total. The zero-order valence-electron chi connectivity index (χ0n) is 12.5. The van der Waals surface area contributed by atoms with Crippen LogP contribution in [0.1, 0.15) is 28.9 Å². The summed E-state index contributed by atoms with van der Waals surface area (Å²) in [5, 5.41) is 3.67. The molecule has 0 aliphatic carbocycles. The van der Waals surface area contributed by atoms with E-state index in [0.29, 0.717) is 11.1 Å². The molecule has 3 aromatic rings. The molecule has 1 heterocycles. The first-order valence-electron chi connectivity index (χ1n) is 7.23. The molecule has 3 rings (SSSR count). The van der Waals surface area contributed by atoms with Crippen LogP contribution in [0.2, 0.25) is 0 Å². The summed E-state index contributed by atoms with van der Waals surface area (Å²) >= 11 is 3.39. The van der Waals surface area contributed by atoms with Crippen molar-refractivity contribution in [1.82, 2.24) is 10.3 Å². The van der Waals surface area contributed by atoms with Gasteiger partial charge in [0.2, 0.25) is 5.56 Å². The molecular weight excluding hydrogens is 356 g/mol. The average molecular weight is 371 g/mol. The third-order valence-electron chi connectivity index (χ3n) is 3.71. The number of hydrogen-bond donors (Lipinski definition) is 2. The molecule has 0 bridgehead atoms. The second kappa shape index (κ2) is 6.38. The van der Waals surface area contributed by atoms with Gasteiger partial charge in [-0.1, -0.05) is 46.3 Å². The number of aromatic nitrogens is 1. The monoisotopic (exact) mass is 370 g/mol. The van der Waals surface area contributed by atoms with Crippen LogP contribution in [0.25, 0.3) is 10.9 Å². The van der Waals surface area contributed by atoms with Crippen LogP contribution in [-0.4, -0.2) is 10.9 Å². The first-order chi connectivity index (χ1) is 11.0. The van der Waals surface area contributed by atoms with Crippen molar-refractivity contribution in [2.24, 2.45) is 0 Å². The SMILES string of the molecule is C[C@@H](NC(=O)c1cc(=O)[nH]c2ccccc12)c1ccc(Br)cc1. The first-order valence-corrected chi connectivity index (χ1v) is 8.02. The van der Waals surface area contributed by atoms with Crippen molar-refractivity contribution in [3.05, 3.63) is 80.6 Å². The highest BCUT2D eigenvalue weighted by Crippen LogP contribution is 2.19. The lowest BCUT2D eigenvalue weighted by molar-refractivity contribution is 0.0941. The molecule has 0 unspecified atom stereocenters. The van der Waals surface area contributed by atoms with Crippen molar-refractivity contribution < 1.29 is 4.79 Å². The van der Waals surface area contributed by atoms with Crippen LogP contribution >= 0.6 is 15.9 Å². The lowest BCUT2D eigenvalue weighted by Gasteiger charge is -2.15. The van der Waals surface area contributed by atoms with E-state index < -0.39 is 0 Å². The minimum absolute atomic E-state index is 0.159. The number of fused-ring (bicyclic) bond motifs is 1. The second-order valence-corrected chi connectivity index (χ2v) is 6.26. The Morgan fingerprint density at radius 1 is 1.13 bits per heavy atom. The Kier molecular flexibility index (Phi) is 4.30. The van der Waals surface area contributed by atoms with Crippen molar-refractivity contribution in [3.63, 3.8) is 0 Å². The predicted octanol–water partition coefficient (Wildman–Crippen LogP) is 3.78. The number of nitrogens with one attached hydrogen (secondary N) is 2. The zero-order chi connectivity index (χ0) is 16.4. The molecular formula is C18H15BrN2O2. The molecule has 0 aliphatic rings. The van der Waals surface area contributed by atoms with Crippen LogP contribution in [0, 0.1) is 0 Å². The van der Waals surface area contributed by atoms with Gasteiger partial charge in [-0.15, -0.1) is 0 Å². The van der Waals surface area contributed by atoms with Crippen molar-refractivity contribution in [1.29, 1.82) is 0 Å². The first kappa shape index (κ1) is 15.5. The van der Waals surface area contributed by atoms with Gasteiger partial charge in [0.1, 0.15) is 0 Å². The van der Waals surface area contributed by atoms with Crippen LogP contribution < -0.4 is 10.9 Å². The Labute approximate surface area is 141 Å². The maximum Gasteiger partial charge on any atom is 0.252 e. The Hall–Kier alpha value is -2.40. The Bertz CT molecular complexity index is 916. The maximum atomic E-state index is 12.6. The molecule has 0 saturated heterocycles. The van der Waals surface area contributed by atoms with Crippen LogP contribution in [0.15, 0.2) is 63.9 Å². The van der Waals surface area contributed by atoms with E-state index >= 15 is 0 Å². The van der Waals surface area contributed by atoms with E-state index in [1.54, 1.807) is 6.07 Å². The maximum absolute atomic E-state index is 12.6. The Balaban J connectivity index is 1.91. The average Bonchev–Trinajstić information content (AvgIpc) is 2.54. The number of carbonyl (C=O) groups is 1. The third kappa shape index (κ3) is 3.35. The van der Waals surface area contributed by atoms with E-state index in [-0.39, 0.29) is 17.5 Å². The topological polar surface area (TPSA) is 62.0 Å². The number of benzene rings is 2. The van der Waals surface area contributed by atoms with Crippen molar-refractivity contribution in [2.75, 3.05) is 0 Å². The standard InChI is InChI=1S/C18H15BrN2O2/c1-11(12-6-8-13(19)9-7-12)20-18(23)15-10-17(22)21-16-5-3-2-4-14(15)16/h2-11H,1H3,(H,20,23)(H,21,22)/t11-/m1/s1. The summed E-state index contributed by atoms with van der Waals surface area (Å²) in [5.41, 5.74) is 1.75. The minimum atomic E-state index is -0.287. The summed E-state index contributed by atoms with van der Waals surface area (Å²) in [6.07, 6.45) is 0. The zero-order valence-corrected chi connectivity index (χ0v) is 14.1. The fourth-order valence-electron chi connectivity index (χ4n) is 2.50. The highest BCUT2D eigenvalue weighted by molar-refractivity contribution is 9.10. The highest BCUT2D eigenvalue weighted by Gasteiger charge is 2.15. The smallest absolute Gasteiger partial charge is 0.252 e. The van der Waals surface area contributed by atoms with Gasteiger partial charge >= 0.3 is 0 Å². The Morgan fingerprint density at radius 3 is 2.57 bits per heavy atom. The molecule has 0 fully saturated rings. The summed E-state index contributed by atoms with van der Waals surface area (Å²) in [5.74, 6) is -0.261. The molecule has 2 N–H and O–H groups in total. The molecule has 5 heteroatoms. The lowest BCUT2D eigenvalue weighted by atomic mass is 10.1. The molecule has 1 atom stereocenters. The molecule has 1 aromatic heterocycles. The number of H-pyrrole nitrogens is 1. The summed E-state index contributed by atoms with van der Waals surface area (Å²) < 4.78 is 0.986. The fourth-order valence-corrected chi connectivity index (χ4v) is 2.77. The molecule has 0 saturated carbocycles. The summed E-state index contributed by atoms with van der Waals surface area (Å²) in [7, 11) is 0. The van der Waals surface area contributed by atoms with Crippen molar-refractivity contribution in [2.45, 2.75) is 13.0 Å². The number of halogens is 1. The van der Waals surface area contributed by atoms with Gasteiger partial charge in [0.05, 0.1) is 11.6 Å². The number of hydrogen-bond acceptors (Lipinski definition) is 2. The van der Waals surface area contributed by atoms with Gasteiger partial charge in [0, 0.05) is 21.4 Å². The van der Waals surface area contributed by atoms with Gasteiger partial charge in [-0.25, -0.2) is 0 Å². The van der Waals surface area contributed by atoms with Crippen LogP contribution in [0.5, 0.6) is 0 Å². The number of rotatable bonds is 3. The van der Waals surface area contributed by atoms with Gasteiger partial charge in [-0.2, -0.15) is 0 Å². The van der Waals surface area contributed by atoms with E-state index in [1.807, 2.05) is 49.4 Å². The second-order valence-electron chi connectivity index (χ2n) is 5.34. The van der Waals surface area contributed by atoms with Gasteiger partial charge in [-0.05, 0) is 30.7 Å². The van der Waals surface area contributed by atoms with E-state index in [1.165, 1.54) is 6.07 Å². The number of amides is 1. The van der Waals surface area contributed by atoms with Crippen LogP contribution in [0.3, 0.4) is 0 Å². The van der Waals surface area contributed by atoms with Gasteiger partial charge in [0.25, 0.3) is 5.91 Å². The molecule has 2 aromatic carbocycles. The van der Waals surface area contributed by atoms with Crippen LogP contribution in [0.4, 0.5) is 0 Å². The molecule has 23 heavy (non-hydrogen) atoms. The van der Waals surface area contributed by atoms with E-state index in [4.69, 9.17) is 0 Å². The van der Waals surface area contributed by atoms with Crippen LogP contribution in [-0.2, 0) is 0 Å². The molecule has 1 amide bonds. The summed E-state index contributed by atoms with van der Waals surface area (Å²) in [6, 6.07) is 16.2. The molecule has 116 valence electrons. The predicted molar refractivity (Wildman–Crippen MR) is 94.6 cm³/mol. The third-order valence-corrected chi connectivity index (χ3v) is 4.24. The highest BCUT2D eigenvalue weighted by atomic mass is 79.9. The summed E-state index contributed by atoms with van der Waals surface area (Å²) in [6.45, 7) is 1.91. The van der Waals surface area contributed by atoms with Gasteiger partial charge in [0.15, 0.2) is 0 Å². The van der Waals surface area contributed by atoms with E-state index in [9.17, 15) is 9.59 Å². The molecule has 0 aliphatic heterocycles. The quantitative estimate of drug-likeness (QED) is 0.736. The largest absolute Gasteiger partial charge is 0.345 e. The van der Waals surface area contributed by atoms with Crippen molar-refractivity contribution in [3.8, 4) is 0 Å². The number of pyridine rings is 1. The van der Waals surface area contributed by atoms with Gasteiger partial charge < -0.3 is 10.3 Å². The molecule has 0 spiro atoms. The van der Waals surface area contributed by atoms with E-state index in [0.717, 1.165) is 15.4 Å². The fraction of sp³-hybridized carbons (Fsp3) is 0.111. The minimum Gasteiger partial charge on any atom is -0.345 e. The normalized spacial score (nSPS) is 12.1. The Morgan fingerprint density at radius 2 is 1.83 bits per heavy atom. The molecule has 0 radical (unpaired) electrons. The lowest BCUT2D eigenvalue weighted by Crippen LogP contribution is -2.28. The van der Waals surface area contributed by atoms with Gasteiger partial charge in [-0.3, -0.25) is 9.59 Å². The number of para-hydroxylation sites is 1. The number of carbonyl (C=O) groups excluding carboxylic acids is 1. The van der Waals surface area contributed by atoms with Crippen molar-refractivity contribution >= 4 is 32.7 Å². The van der Waals surface area contributed by atoms with E-state index in [2.05, 4.69) is 26.2 Å².